The minimum atomic E-state index is -0.227. The summed E-state index contributed by atoms with van der Waals surface area (Å²) in [5, 5.41) is 0. The van der Waals surface area contributed by atoms with Crippen molar-refractivity contribution < 1.29 is 13.9 Å². The van der Waals surface area contributed by atoms with E-state index < -0.39 is 0 Å². The molecule has 0 radical (unpaired) electrons. The van der Waals surface area contributed by atoms with E-state index in [4.69, 9.17) is 14.9 Å². The smallest absolute Gasteiger partial charge is 0.306 e. The average Bonchev–Trinajstić information content (AvgIpc) is 2.84. The summed E-state index contributed by atoms with van der Waals surface area (Å²) in [4.78, 5) is 16.0. The lowest BCUT2D eigenvalue weighted by atomic mass is 9.94. The molecule has 21 heavy (non-hydrogen) atoms. The second-order valence-corrected chi connectivity index (χ2v) is 5.93. The number of nitrogens with zero attached hydrogens (tertiary/aromatic N) is 1. The molecule has 0 amide bonds. The normalized spacial score (nSPS) is 12.3. The molecule has 122 valence electrons. The summed E-state index contributed by atoms with van der Waals surface area (Å²) in [5.74, 6) is 1.38. The Morgan fingerprint density at radius 2 is 2.05 bits per heavy atom. The van der Waals surface area contributed by atoms with Gasteiger partial charge in [0.05, 0.1) is 0 Å². The number of nitrogens with two attached hydrogens (primary N) is 1. The predicted octanol–water partition coefficient (Wildman–Crippen LogP) is 3.27. The van der Waals surface area contributed by atoms with Crippen molar-refractivity contribution in [2.75, 3.05) is 6.54 Å². The first-order chi connectivity index (χ1) is 9.42. The van der Waals surface area contributed by atoms with Crippen LogP contribution in [0.1, 0.15) is 58.0 Å². The zero-order valence-electron chi connectivity index (χ0n) is 13.3. The van der Waals surface area contributed by atoms with E-state index in [1.54, 1.807) is 0 Å². The van der Waals surface area contributed by atoms with Crippen LogP contribution in [0.5, 0.6) is 0 Å². The molecule has 0 aromatic carbocycles. The van der Waals surface area contributed by atoms with Crippen LogP contribution in [0.25, 0.3) is 0 Å². The van der Waals surface area contributed by atoms with Crippen LogP contribution in [0.4, 0.5) is 0 Å². The van der Waals surface area contributed by atoms with Crippen LogP contribution in [0.2, 0.25) is 0 Å². The molecule has 5 nitrogen and oxygen atoms in total. The monoisotopic (exact) mass is 318 g/mol. The molecule has 6 heteroatoms. The number of esters is 1. The van der Waals surface area contributed by atoms with Gasteiger partial charge in [0.1, 0.15) is 18.6 Å². The van der Waals surface area contributed by atoms with Crippen LogP contribution >= 0.6 is 12.4 Å². The van der Waals surface area contributed by atoms with Gasteiger partial charge in [-0.3, -0.25) is 4.79 Å². The van der Waals surface area contributed by atoms with Gasteiger partial charge in [-0.05, 0) is 24.8 Å². The number of ether oxygens (including phenoxy) is 1. The summed E-state index contributed by atoms with van der Waals surface area (Å²) in [7, 11) is 0. The van der Waals surface area contributed by atoms with E-state index >= 15 is 0 Å². The van der Waals surface area contributed by atoms with Gasteiger partial charge >= 0.3 is 5.97 Å². The van der Waals surface area contributed by atoms with Crippen molar-refractivity contribution in [2.45, 2.75) is 53.1 Å². The SMILES string of the molecule is CC(C)C[C@H](CN)CC(=O)OCc1coc(C(C)C)n1.Cl. The molecule has 0 aliphatic heterocycles. The number of hydrogen-bond donors (Lipinski definition) is 1. The molecule has 1 heterocycles. The van der Waals surface area contributed by atoms with E-state index in [1.807, 2.05) is 13.8 Å². The minimum absolute atomic E-state index is 0. The van der Waals surface area contributed by atoms with Gasteiger partial charge < -0.3 is 14.9 Å². The summed E-state index contributed by atoms with van der Waals surface area (Å²) in [6.07, 6.45) is 2.84. The number of aromatic nitrogens is 1. The Hall–Kier alpha value is -1.07. The van der Waals surface area contributed by atoms with Crippen molar-refractivity contribution in [3.05, 3.63) is 17.8 Å². The Balaban J connectivity index is 0.00000400. The van der Waals surface area contributed by atoms with E-state index in [-0.39, 0.29) is 36.8 Å². The maximum Gasteiger partial charge on any atom is 0.306 e. The zero-order valence-corrected chi connectivity index (χ0v) is 14.1. The third-order valence-corrected chi connectivity index (χ3v) is 3.04. The Kier molecular flexibility index (Phi) is 9.29. The lowest BCUT2D eigenvalue weighted by Gasteiger charge is -2.15. The van der Waals surface area contributed by atoms with E-state index in [1.165, 1.54) is 6.26 Å². The van der Waals surface area contributed by atoms with Gasteiger partial charge in [-0.1, -0.05) is 27.7 Å². The Morgan fingerprint density at radius 3 is 2.52 bits per heavy atom. The van der Waals surface area contributed by atoms with Crippen molar-refractivity contribution >= 4 is 18.4 Å². The van der Waals surface area contributed by atoms with Crippen molar-refractivity contribution in [3.8, 4) is 0 Å². The molecule has 0 spiro atoms. The lowest BCUT2D eigenvalue weighted by molar-refractivity contribution is -0.146. The first-order valence-electron chi connectivity index (χ1n) is 7.22. The molecule has 2 N–H and O–H groups in total. The molecular formula is C15H27ClN2O3. The number of carbonyl (C=O) groups is 1. The summed E-state index contributed by atoms with van der Waals surface area (Å²) >= 11 is 0. The maximum absolute atomic E-state index is 11.8. The molecular weight excluding hydrogens is 292 g/mol. The lowest BCUT2D eigenvalue weighted by Crippen LogP contribution is -2.21. The molecule has 0 aliphatic rings. The van der Waals surface area contributed by atoms with E-state index in [9.17, 15) is 4.79 Å². The topological polar surface area (TPSA) is 78.4 Å². The number of hydrogen-bond acceptors (Lipinski definition) is 5. The second-order valence-electron chi connectivity index (χ2n) is 5.93. The number of halogens is 1. The zero-order chi connectivity index (χ0) is 15.1. The first kappa shape index (κ1) is 19.9. The van der Waals surface area contributed by atoms with Crippen LogP contribution in [0.15, 0.2) is 10.7 Å². The molecule has 0 aliphatic carbocycles. The Morgan fingerprint density at radius 1 is 1.38 bits per heavy atom. The molecule has 1 aromatic rings. The quantitative estimate of drug-likeness (QED) is 0.744. The molecule has 0 saturated heterocycles. The van der Waals surface area contributed by atoms with Crippen molar-refractivity contribution in [2.24, 2.45) is 17.6 Å². The predicted molar refractivity (Wildman–Crippen MR) is 84.3 cm³/mol. The van der Waals surface area contributed by atoms with Crippen LogP contribution in [-0.2, 0) is 16.1 Å². The van der Waals surface area contributed by atoms with E-state index in [0.717, 1.165) is 6.42 Å². The van der Waals surface area contributed by atoms with Crippen molar-refractivity contribution in [1.29, 1.82) is 0 Å². The van der Waals surface area contributed by atoms with Gasteiger partial charge in [-0.2, -0.15) is 0 Å². The fourth-order valence-corrected chi connectivity index (χ4v) is 2.03. The number of oxazole rings is 1. The van der Waals surface area contributed by atoms with Crippen LogP contribution in [0, 0.1) is 11.8 Å². The standard InChI is InChI=1S/C15H26N2O3.ClH/c1-10(2)5-12(7-16)6-14(18)19-8-13-9-20-15(17-13)11(3)4;/h9-12H,5-8,16H2,1-4H3;1H/t12-;/m0./s1. The molecule has 1 aromatic heterocycles. The average molecular weight is 319 g/mol. The summed E-state index contributed by atoms with van der Waals surface area (Å²) in [6.45, 7) is 8.91. The molecule has 0 saturated carbocycles. The van der Waals surface area contributed by atoms with Gasteiger partial charge in [-0.25, -0.2) is 4.98 Å². The largest absolute Gasteiger partial charge is 0.459 e. The van der Waals surface area contributed by atoms with Gasteiger partial charge in [0.15, 0.2) is 5.89 Å². The molecule has 1 atom stereocenters. The summed E-state index contributed by atoms with van der Waals surface area (Å²) in [6, 6.07) is 0. The van der Waals surface area contributed by atoms with Crippen LogP contribution in [-0.4, -0.2) is 17.5 Å². The third kappa shape index (κ3) is 7.48. The minimum Gasteiger partial charge on any atom is -0.459 e. The van der Waals surface area contributed by atoms with Gasteiger partial charge in [0.2, 0.25) is 0 Å². The highest BCUT2D eigenvalue weighted by Gasteiger charge is 2.16. The first-order valence-corrected chi connectivity index (χ1v) is 7.22. The molecule has 1 rings (SSSR count). The molecule has 0 fully saturated rings. The highest BCUT2D eigenvalue weighted by molar-refractivity contribution is 5.85. The molecule has 0 bridgehead atoms. The fourth-order valence-electron chi connectivity index (χ4n) is 2.03. The van der Waals surface area contributed by atoms with E-state index in [0.29, 0.717) is 30.5 Å². The van der Waals surface area contributed by atoms with Crippen LogP contribution < -0.4 is 5.73 Å². The fraction of sp³-hybridized carbons (Fsp3) is 0.733. The van der Waals surface area contributed by atoms with Gasteiger partial charge in [-0.15, -0.1) is 12.4 Å². The van der Waals surface area contributed by atoms with Crippen molar-refractivity contribution in [3.63, 3.8) is 0 Å². The highest BCUT2D eigenvalue weighted by Crippen LogP contribution is 2.16. The number of carbonyl (C=O) groups excluding carboxylic acids is 1. The van der Waals surface area contributed by atoms with Crippen molar-refractivity contribution in [1.82, 2.24) is 4.98 Å². The number of rotatable bonds is 8. The van der Waals surface area contributed by atoms with Crippen LogP contribution in [0.3, 0.4) is 0 Å². The maximum atomic E-state index is 11.8. The van der Waals surface area contributed by atoms with E-state index in [2.05, 4.69) is 18.8 Å². The second kappa shape index (κ2) is 9.79. The Bertz CT molecular complexity index is 419. The molecule has 0 unspecified atom stereocenters. The summed E-state index contributed by atoms with van der Waals surface area (Å²) in [5.41, 5.74) is 6.33. The van der Waals surface area contributed by atoms with Gasteiger partial charge in [0, 0.05) is 12.3 Å². The van der Waals surface area contributed by atoms with Gasteiger partial charge in [0.25, 0.3) is 0 Å². The third-order valence-electron chi connectivity index (χ3n) is 3.04. The Labute approximate surface area is 133 Å². The highest BCUT2D eigenvalue weighted by atomic mass is 35.5. The summed E-state index contributed by atoms with van der Waals surface area (Å²) < 4.78 is 10.5.